The Labute approximate surface area is 110 Å². The molecule has 0 aromatic carbocycles. The second-order valence-corrected chi connectivity index (χ2v) is 4.96. The van der Waals surface area contributed by atoms with Gasteiger partial charge in [-0.3, -0.25) is 4.79 Å². The lowest BCUT2D eigenvalue weighted by Gasteiger charge is -2.05. The van der Waals surface area contributed by atoms with Crippen molar-refractivity contribution in [1.29, 1.82) is 0 Å². The van der Waals surface area contributed by atoms with Crippen LogP contribution in [0.3, 0.4) is 0 Å². The number of unbranched alkanes of at least 4 members (excludes halogenated alkanes) is 3. The summed E-state index contributed by atoms with van der Waals surface area (Å²) in [5.74, 6) is -0.0413. The Kier molecular flexibility index (Phi) is 6.29. The van der Waals surface area contributed by atoms with Gasteiger partial charge in [-0.2, -0.15) is 0 Å². The summed E-state index contributed by atoms with van der Waals surface area (Å²) in [7, 11) is 1.85. The van der Waals surface area contributed by atoms with Gasteiger partial charge >= 0.3 is 0 Å². The van der Waals surface area contributed by atoms with Crippen LogP contribution in [0.2, 0.25) is 0 Å². The highest BCUT2D eigenvalue weighted by atomic mass is 79.9. The molecule has 2 N–H and O–H groups in total. The third-order valence-electron chi connectivity index (χ3n) is 2.57. The van der Waals surface area contributed by atoms with Crippen LogP contribution < -0.4 is 5.32 Å². The van der Waals surface area contributed by atoms with Gasteiger partial charge in [-0.25, -0.2) is 0 Å². The molecule has 0 bridgehead atoms. The molecule has 0 atom stereocenters. The summed E-state index contributed by atoms with van der Waals surface area (Å²) in [4.78, 5) is 11.8. The van der Waals surface area contributed by atoms with Gasteiger partial charge in [0.25, 0.3) is 5.91 Å². The summed E-state index contributed by atoms with van der Waals surface area (Å²) in [6, 6.07) is 1.81. The van der Waals surface area contributed by atoms with E-state index in [1.54, 1.807) is 10.6 Å². The highest BCUT2D eigenvalue weighted by Gasteiger charge is 2.09. The molecular weight excluding hydrogens is 284 g/mol. The van der Waals surface area contributed by atoms with Crippen molar-refractivity contribution in [2.24, 2.45) is 7.05 Å². The maximum atomic E-state index is 11.8. The van der Waals surface area contributed by atoms with Crippen molar-refractivity contribution in [2.45, 2.75) is 25.7 Å². The molecule has 0 saturated carbocycles. The average molecular weight is 303 g/mol. The molecule has 0 aliphatic heterocycles. The third kappa shape index (κ3) is 4.91. The third-order valence-corrected chi connectivity index (χ3v) is 3.01. The van der Waals surface area contributed by atoms with Gasteiger partial charge in [0.2, 0.25) is 0 Å². The number of amides is 1. The van der Waals surface area contributed by atoms with Crippen molar-refractivity contribution in [2.75, 3.05) is 13.2 Å². The number of aryl methyl sites for hydroxylation is 1. The molecule has 1 aromatic rings. The van der Waals surface area contributed by atoms with Crippen LogP contribution in [-0.2, 0) is 7.05 Å². The van der Waals surface area contributed by atoms with Gasteiger partial charge in [0.05, 0.1) is 0 Å². The maximum absolute atomic E-state index is 11.8. The van der Waals surface area contributed by atoms with E-state index in [9.17, 15) is 4.79 Å². The maximum Gasteiger partial charge on any atom is 0.267 e. The predicted octanol–water partition coefficient (Wildman–Crippen LogP) is 2.07. The molecule has 1 heterocycles. The first kappa shape index (κ1) is 14.3. The number of nitrogens with zero attached hydrogens (tertiary/aromatic N) is 1. The smallest absolute Gasteiger partial charge is 0.267 e. The molecule has 4 nitrogen and oxygen atoms in total. The topological polar surface area (TPSA) is 54.3 Å². The van der Waals surface area contributed by atoms with Crippen LogP contribution in [0, 0.1) is 0 Å². The van der Waals surface area contributed by atoms with Gasteiger partial charge in [0.15, 0.2) is 0 Å². The molecule has 1 rings (SSSR count). The van der Waals surface area contributed by atoms with Crippen LogP contribution in [0.25, 0.3) is 0 Å². The molecule has 96 valence electrons. The fourth-order valence-electron chi connectivity index (χ4n) is 1.63. The van der Waals surface area contributed by atoms with Crippen molar-refractivity contribution >= 4 is 21.8 Å². The Bertz CT molecular complexity index is 363. The van der Waals surface area contributed by atoms with E-state index in [-0.39, 0.29) is 12.5 Å². The minimum Gasteiger partial charge on any atom is -0.396 e. The van der Waals surface area contributed by atoms with Gasteiger partial charge in [-0.05, 0) is 34.8 Å². The van der Waals surface area contributed by atoms with Crippen LogP contribution in [0.5, 0.6) is 0 Å². The largest absolute Gasteiger partial charge is 0.396 e. The van der Waals surface area contributed by atoms with Crippen LogP contribution in [-0.4, -0.2) is 28.7 Å². The molecule has 0 unspecified atom stereocenters. The van der Waals surface area contributed by atoms with E-state index in [4.69, 9.17) is 5.11 Å². The van der Waals surface area contributed by atoms with E-state index in [1.807, 2.05) is 13.2 Å². The van der Waals surface area contributed by atoms with Gasteiger partial charge in [-0.1, -0.05) is 12.8 Å². The number of aromatic nitrogens is 1. The number of aliphatic hydroxyl groups is 1. The molecule has 0 aliphatic carbocycles. The van der Waals surface area contributed by atoms with Crippen molar-refractivity contribution in [3.63, 3.8) is 0 Å². The van der Waals surface area contributed by atoms with Crippen LogP contribution in [0.15, 0.2) is 16.7 Å². The molecule has 0 fully saturated rings. The standard InChI is InChI=1S/C12H19BrN2O2/c1-15-9-10(13)8-11(15)12(17)14-6-4-2-3-5-7-16/h8-9,16H,2-7H2,1H3,(H,14,17). The van der Waals surface area contributed by atoms with Crippen LogP contribution >= 0.6 is 15.9 Å². The van der Waals surface area contributed by atoms with E-state index in [1.165, 1.54) is 0 Å². The quantitative estimate of drug-likeness (QED) is 0.758. The lowest BCUT2D eigenvalue weighted by molar-refractivity contribution is 0.0944. The van der Waals surface area contributed by atoms with Crippen molar-refractivity contribution in [3.05, 3.63) is 22.4 Å². The Morgan fingerprint density at radius 2 is 2.12 bits per heavy atom. The fraction of sp³-hybridized carbons (Fsp3) is 0.583. The molecule has 0 saturated heterocycles. The molecule has 1 aromatic heterocycles. The lowest BCUT2D eigenvalue weighted by Crippen LogP contribution is -2.26. The highest BCUT2D eigenvalue weighted by molar-refractivity contribution is 9.10. The summed E-state index contributed by atoms with van der Waals surface area (Å²) < 4.78 is 2.71. The Morgan fingerprint density at radius 3 is 2.71 bits per heavy atom. The Balaban J connectivity index is 2.23. The number of aliphatic hydroxyl groups excluding tert-OH is 1. The summed E-state index contributed by atoms with van der Waals surface area (Å²) in [6.07, 6.45) is 5.71. The number of nitrogens with one attached hydrogen (secondary N) is 1. The van der Waals surface area contributed by atoms with E-state index in [2.05, 4.69) is 21.2 Å². The molecule has 0 spiro atoms. The van der Waals surface area contributed by atoms with E-state index in [0.717, 1.165) is 30.2 Å². The van der Waals surface area contributed by atoms with E-state index in [0.29, 0.717) is 12.2 Å². The molecule has 0 radical (unpaired) electrons. The zero-order valence-corrected chi connectivity index (χ0v) is 11.7. The first-order chi connectivity index (χ1) is 8.15. The Morgan fingerprint density at radius 1 is 1.41 bits per heavy atom. The second-order valence-electron chi connectivity index (χ2n) is 4.05. The highest BCUT2D eigenvalue weighted by Crippen LogP contribution is 2.13. The number of hydrogen-bond donors (Lipinski definition) is 2. The molecule has 5 heteroatoms. The first-order valence-corrected chi connectivity index (χ1v) is 6.65. The van der Waals surface area contributed by atoms with Crippen LogP contribution in [0.1, 0.15) is 36.2 Å². The fourth-order valence-corrected chi connectivity index (χ4v) is 2.16. The molecule has 1 amide bonds. The number of halogens is 1. The number of carbonyl (C=O) groups excluding carboxylic acids is 1. The summed E-state index contributed by atoms with van der Waals surface area (Å²) in [5.41, 5.74) is 0.659. The van der Waals surface area contributed by atoms with Gasteiger partial charge < -0.3 is 15.0 Å². The minimum atomic E-state index is -0.0413. The molecule has 17 heavy (non-hydrogen) atoms. The molecular formula is C12H19BrN2O2. The van der Waals surface area contributed by atoms with Crippen molar-refractivity contribution < 1.29 is 9.90 Å². The van der Waals surface area contributed by atoms with Crippen molar-refractivity contribution in [1.82, 2.24) is 9.88 Å². The monoisotopic (exact) mass is 302 g/mol. The normalized spacial score (nSPS) is 10.5. The van der Waals surface area contributed by atoms with Crippen molar-refractivity contribution in [3.8, 4) is 0 Å². The first-order valence-electron chi connectivity index (χ1n) is 5.86. The summed E-state index contributed by atoms with van der Waals surface area (Å²) in [6.45, 7) is 0.941. The van der Waals surface area contributed by atoms with Gasteiger partial charge in [-0.15, -0.1) is 0 Å². The van der Waals surface area contributed by atoms with Crippen LogP contribution in [0.4, 0.5) is 0 Å². The second kappa shape index (κ2) is 7.50. The van der Waals surface area contributed by atoms with Gasteiger partial charge in [0.1, 0.15) is 5.69 Å². The zero-order valence-electron chi connectivity index (χ0n) is 10.1. The number of rotatable bonds is 7. The van der Waals surface area contributed by atoms with E-state index < -0.39 is 0 Å². The molecule has 0 aliphatic rings. The SMILES string of the molecule is Cn1cc(Br)cc1C(=O)NCCCCCCO. The van der Waals surface area contributed by atoms with Gasteiger partial charge in [0, 0.05) is 30.9 Å². The lowest BCUT2D eigenvalue weighted by atomic mass is 10.2. The number of carbonyl (C=O) groups is 1. The Hall–Kier alpha value is -0.810. The average Bonchev–Trinajstić information content (AvgIpc) is 2.62. The summed E-state index contributed by atoms with van der Waals surface area (Å²) >= 11 is 3.34. The zero-order chi connectivity index (χ0) is 12.7. The number of hydrogen-bond acceptors (Lipinski definition) is 2. The predicted molar refractivity (Wildman–Crippen MR) is 71.0 cm³/mol. The van der Waals surface area contributed by atoms with E-state index >= 15 is 0 Å². The summed E-state index contributed by atoms with van der Waals surface area (Å²) in [5, 5.41) is 11.5. The minimum absolute atomic E-state index is 0.0413.